The van der Waals surface area contributed by atoms with E-state index < -0.39 is 6.10 Å². The van der Waals surface area contributed by atoms with Crippen molar-refractivity contribution in [2.24, 2.45) is 0 Å². The first-order valence-electron chi connectivity index (χ1n) is 9.38. The number of carbonyl (C=O) groups excluding carboxylic acids is 2. The first-order valence-corrected chi connectivity index (χ1v) is 9.38. The van der Waals surface area contributed by atoms with Gasteiger partial charge in [-0.15, -0.1) is 0 Å². The van der Waals surface area contributed by atoms with Gasteiger partial charge in [0.1, 0.15) is 12.2 Å². The molecule has 1 N–H and O–H groups in total. The summed E-state index contributed by atoms with van der Waals surface area (Å²) in [6.07, 6.45) is 5.95. The second kappa shape index (κ2) is 7.78. The van der Waals surface area contributed by atoms with E-state index in [1.807, 2.05) is 24.3 Å². The van der Waals surface area contributed by atoms with Crippen molar-refractivity contribution >= 4 is 11.9 Å². The lowest BCUT2D eigenvalue weighted by Gasteiger charge is -2.16. The van der Waals surface area contributed by atoms with Crippen molar-refractivity contribution in [3.05, 3.63) is 59.3 Å². The Balaban J connectivity index is 1.36. The highest BCUT2D eigenvalue weighted by atomic mass is 16.5. The summed E-state index contributed by atoms with van der Waals surface area (Å²) in [7, 11) is 0. The van der Waals surface area contributed by atoms with Gasteiger partial charge < -0.3 is 14.8 Å². The Morgan fingerprint density at radius 1 is 1.19 bits per heavy atom. The van der Waals surface area contributed by atoms with Crippen molar-refractivity contribution in [2.75, 3.05) is 0 Å². The molecule has 27 heavy (non-hydrogen) atoms. The summed E-state index contributed by atoms with van der Waals surface area (Å²) in [6, 6.07) is 10.9. The third kappa shape index (κ3) is 3.94. The first-order chi connectivity index (χ1) is 13.2. The molecular weight excluding hydrogens is 344 g/mol. The van der Waals surface area contributed by atoms with Gasteiger partial charge in [-0.25, -0.2) is 9.78 Å². The largest absolute Gasteiger partial charge is 0.474 e. The van der Waals surface area contributed by atoms with Crippen molar-refractivity contribution in [2.45, 2.75) is 50.9 Å². The molecule has 1 atom stereocenters. The monoisotopic (exact) mass is 366 g/mol. The number of hydrogen-bond donors (Lipinski definition) is 1. The molecule has 1 aliphatic carbocycles. The minimum Gasteiger partial charge on any atom is -0.474 e. The quantitative estimate of drug-likeness (QED) is 0.794. The maximum Gasteiger partial charge on any atom is 0.339 e. The van der Waals surface area contributed by atoms with E-state index in [1.54, 1.807) is 18.3 Å². The topological polar surface area (TPSA) is 77.5 Å². The second-order valence-corrected chi connectivity index (χ2v) is 6.95. The van der Waals surface area contributed by atoms with Crippen LogP contribution in [-0.4, -0.2) is 23.0 Å². The predicted molar refractivity (Wildman–Crippen MR) is 98.2 cm³/mol. The number of rotatable bonds is 6. The van der Waals surface area contributed by atoms with Gasteiger partial charge in [-0.3, -0.25) is 4.79 Å². The van der Waals surface area contributed by atoms with E-state index in [-0.39, 0.29) is 24.4 Å². The van der Waals surface area contributed by atoms with Crippen LogP contribution in [0.2, 0.25) is 0 Å². The van der Waals surface area contributed by atoms with Gasteiger partial charge in [0.05, 0.1) is 12.0 Å². The predicted octanol–water partition coefficient (Wildman–Crippen LogP) is 3.32. The number of pyridine rings is 1. The van der Waals surface area contributed by atoms with Crippen LogP contribution in [0.5, 0.6) is 5.88 Å². The maximum absolute atomic E-state index is 12.4. The molecule has 0 bridgehead atoms. The van der Waals surface area contributed by atoms with Crippen LogP contribution in [0.3, 0.4) is 0 Å². The van der Waals surface area contributed by atoms with Gasteiger partial charge in [0, 0.05) is 23.9 Å². The molecule has 0 saturated heterocycles. The van der Waals surface area contributed by atoms with E-state index >= 15 is 0 Å². The molecule has 6 nitrogen and oxygen atoms in total. The number of fused-ring (bicyclic) bond motifs is 1. The molecule has 1 fully saturated rings. The first kappa shape index (κ1) is 17.5. The number of amides is 1. The fourth-order valence-electron chi connectivity index (χ4n) is 3.63. The van der Waals surface area contributed by atoms with Crippen molar-refractivity contribution in [3.8, 4) is 5.88 Å². The van der Waals surface area contributed by atoms with Gasteiger partial charge in [-0.05, 0) is 37.8 Å². The van der Waals surface area contributed by atoms with Gasteiger partial charge in [0.2, 0.25) is 11.8 Å². The molecule has 1 aromatic carbocycles. The van der Waals surface area contributed by atoms with Gasteiger partial charge in [-0.1, -0.05) is 24.3 Å². The van der Waals surface area contributed by atoms with Gasteiger partial charge in [0.15, 0.2) is 0 Å². The third-order valence-corrected chi connectivity index (χ3v) is 5.05. The van der Waals surface area contributed by atoms with Crippen LogP contribution in [-0.2, 0) is 16.1 Å². The van der Waals surface area contributed by atoms with Crippen LogP contribution in [0.4, 0.5) is 0 Å². The smallest absolute Gasteiger partial charge is 0.339 e. The molecule has 0 radical (unpaired) electrons. The summed E-state index contributed by atoms with van der Waals surface area (Å²) in [4.78, 5) is 28.6. The van der Waals surface area contributed by atoms with Crippen molar-refractivity contribution < 1.29 is 19.1 Å². The zero-order chi connectivity index (χ0) is 18.6. The maximum atomic E-state index is 12.4. The third-order valence-electron chi connectivity index (χ3n) is 5.05. The Hall–Kier alpha value is -2.89. The molecule has 1 aromatic heterocycles. The van der Waals surface area contributed by atoms with E-state index in [2.05, 4.69) is 10.3 Å². The lowest BCUT2D eigenvalue weighted by molar-refractivity contribution is -0.123. The number of nitrogens with zero attached hydrogens (tertiary/aromatic N) is 1. The average molecular weight is 366 g/mol. The minimum absolute atomic E-state index is 0.0990. The molecule has 0 unspecified atom stereocenters. The van der Waals surface area contributed by atoms with Crippen LogP contribution in [0.15, 0.2) is 42.6 Å². The van der Waals surface area contributed by atoms with Crippen molar-refractivity contribution in [3.63, 3.8) is 0 Å². The Morgan fingerprint density at radius 2 is 2.00 bits per heavy atom. The summed E-state index contributed by atoms with van der Waals surface area (Å²) in [5.74, 6) is 0.0328. The minimum atomic E-state index is -0.531. The number of esters is 1. The fourth-order valence-corrected chi connectivity index (χ4v) is 3.63. The molecule has 6 heteroatoms. The lowest BCUT2D eigenvalue weighted by Crippen LogP contribution is -2.25. The summed E-state index contributed by atoms with van der Waals surface area (Å²) in [5.41, 5.74) is 2.15. The normalized spacial score (nSPS) is 18.8. The molecule has 4 rings (SSSR count). The van der Waals surface area contributed by atoms with Crippen LogP contribution in [0.25, 0.3) is 0 Å². The molecule has 1 amide bonds. The number of hydrogen-bond acceptors (Lipinski definition) is 5. The zero-order valence-electron chi connectivity index (χ0n) is 15.0. The molecule has 0 spiro atoms. The molecule has 1 aliphatic heterocycles. The summed E-state index contributed by atoms with van der Waals surface area (Å²) in [5, 5.41) is 2.89. The van der Waals surface area contributed by atoms with Crippen LogP contribution >= 0.6 is 0 Å². The standard InChI is InChI=1S/C21H22N2O4/c24-19(12-18-16-9-3-4-10-17(16)21(25)27-18)23-13-14-6-5-11-22-20(14)26-15-7-1-2-8-15/h3-6,9-11,15,18H,1-2,7-8,12-13H2,(H,23,24)/t18-/m0/s1. The van der Waals surface area contributed by atoms with E-state index in [0.29, 0.717) is 18.0 Å². The number of carbonyl (C=O) groups is 2. The van der Waals surface area contributed by atoms with Gasteiger partial charge in [0.25, 0.3) is 0 Å². The number of cyclic esters (lactones) is 1. The van der Waals surface area contributed by atoms with Crippen LogP contribution in [0, 0.1) is 0 Å². The highest BCUT2D eigenvalue weighted by Crippen LogP contribution is 2.32. The second-order valence-electron chi connectivity index (χ2n) is 6.95. The summed E-state index contributed by atoms with van der Waals surface area (Å²) < 4.78 is 11.3. The highest BCUT2D eigenvalue weighted by molar-refractivity contribution is 5.94. The van der Waals surface area contributed by atoms with Gasteiger partial charge in [-0.2, -0.15) is 0 Å². The fraction of sp³-hybridized carbons (Fsp3) is 0.381. The zero-order valence-corrected chi connectivity index (χ0v) is 15.0. The lowest BCUT2D eigenvalue weighted by atomic mass is 10.0. The Bertz CT molecular complexity index is 846. The molecule has 1 saturated carbocycles. The Morgan fingerprint density at radius 3 is 2.85 bits per heavy atom. The average Bonchev–Trinajstić information content (AvgIpc) is 3.30. The van der Waals surface area contributed by atoms with E-state index in [1.165, 1.54) is 12.8 Å². The van der Waals surface area contributed by atoms with Crippen molar-refractivity contribution in [1.82, 2.24) is 10.3 Å². The van der Waals surface area contributed by atoms with Crippen LogP contribution in [0.1, 0.15) is 59.7 Å². The summed E-state index contributed by atoms with van der Waals surface area (Å²) >= 11 is 0. The van der Waals surface area contributed by atoms with Crippen molar-refractivity contribution in [1.29, 1.82) is 0 Å². The molecule has 2 aromatic rings. The Labute approximate surface area is 157 Å². The Kier molecular flexibility index (Phi) is 5.05. The van der Waals surface area contributed by atoms with E-state index in [0.717, 1.165) is 24.0 Å². The number of benzene rings is 1. The van der Waals surface area contributed by atoms with Gasteiger partial charge >= 0.3 is 5.97 Å². The van der Waals surface area contributed by atoms with Crippen LogP contribution < -0.4 is 10.1 Å². The van der Waals surface area contributed by atoms with E-state index in [4.69, 9.17) is 9.47 Å². The number of nitrogens with one attached hydrogen (secondary N) is 1. The highest BCUT2D eigenvalue weighted by Gasteiger charge is 2.32. The molecular formula is C21H22N2O4. The molecule has 2 aliphatic rings. The molecule has 2 heterocycles. The SMILES string of the molecule is O=C(C[C@@H]1OC(=O)c2ccccc21)NCc1cccnc1OC1CCCC1. The number of ether oxygens (including phenoxy) is 2. The number of aromatic nitrogens is 1. The molecule has 140 valence electrons. The van der Waals surface area contributed by atoms with E-state index in [9.17, 15) is 9.59 Å². The summed E-state index contributed by atoms with van der Waals surface area (Å²) in [6.45, 7) is 0.330.